The van der Waals surface area contributed by atoms with Gasteiger partial charge in [0.05, 0.1) is 6.61 Å². The molecule has 0 amide bonds. The van der Waals surface area contributed by atoms with E-state index >= 15 is 0 Å². The van der Waals surface area contributed by atoms with Crippen LogP contribution in [0, 0.1) is 5.92 Å². The van der Waals surface area contributed by atoms with Gasteiger partial charge in [-0.05, 0) is 36.5 Å². The quantitative estimate of drug-likeness (QED) is 0.630. The molecule has 0 spiro atoms. The number of rotatable bonds is 9. The fraction of sp³-hybridized carbons (Fsp3) is 0.667. The molecule has 2 heteroatoms. The summed E-state index contributed by atoms with van der Waals surface area (Å²) in [5.74, 6) is 1.04. The highest BCUT2D eigenvalue weighted by atomic mass is 16.5. The number of unbranched alkanes of at least 4 members (excludes halogenated alkanes) is 1. The van der Waals surface area contributed by atoms with Gasteiger partial charge < -0.3 is 9.84 Å². The Labute approximate surface area is 125 Å². The number of ether oxygens (including phenoxy) is 1. The summed E-state index contributed by atoms with van der Waals surface area (Å²) in [6, 6.07) is 7.36. The van der Waals surface area contributed by atoms with Crippen LogP contribution in [0.1, 0.15) is 58.9 Å². The van der Waals surface area contributed by atoms with Gasteiger partial charge in [0.15, 0.2) is 0 Å². The van der Waals surface area contributed by atoms with Gasteiger partial charge in [-0.3, -0.25) is 0 Å². The van der Waals surface area contributed by atoms with Crippen molar-refractivity contribution in [2.24, 2.45) is 5.92 Å². The first-order chi connectivity index (χ1) is 9.76. The van der Waals surface area contributed by atoms with Gasteiger partial charge in [-0.2, -0.15) is 0 Å². The van der Waals surface area contributed by atoms with Crippen LogP contribution in [0.25, 0.3) is 0 Å². The summed E-state index contributed by atoms with van der Waals surface area (Å²) in [5, 5.41) is 9.18. The molecule has 116 valence electrons. The third-order valence-electron chi connectivity index (χ3n) is 3.37. The Hall–Kier alpha value is -1.02. The Morgan fingerprint density at radius 2 is 1.75 bits per heavy atom. The van der Waals surface area contributed by atoms with Crippen molar-refractivity contribution in [1.29, 1.82) is 0 Å². The number of hydrogen-bond acceptors (Lipinski definition) is 2. The maximum atomic E-state index is 9.18. The third-order valence-corrected chi connectivity index (χ3v) is 3.37. The van der Waals surface area contributed by atoms with Crippen LogP contribution in [0.3, 0.4) is 0 Å². The van der Waals surface area contributed by atoms with Gasteiger partial charge in [0.1, 0.15) is 5.75 Å². The summed E-state index contributed by atoms with van der Waals surface area (Å²) >= 11 is 0. The summed E-state index contributed by atoms with van der Waals surface area (Å²) in [4.78, 5) is 0. The van der Waals surface area contributed by atoms with E-state index < -0.39 is 0 Å². The second-order valence-corrected chi connectivity index (χ2v) is 4.91. The molecular weight excluding hydrogens is 248 g/mol. The minimum Gasteiger partial charge on any atom is -0.508 e. The predicted octanol–water partition coefficient (Wildman–Crippen LogP) is 5.19. The first kappa shape index (κ1) is 19.0. The van der Waals surface area contributed by atoms with Crippen LogP contribution in [-0.4, -0.2) is 18.3 Å². The van der Waals surface area contributed by atoms with Gasteiger partial charge in [0, 0.05) is 6.61 Å². The van der Waals surface area contributed by atoms with E-state index in [4.69, 9.17) is 4.74 Å². The summed E-state index contributed by atoms with van der Waals surface area (Å²) in [6.45, 7) is 10.1. The molecule has 2 nitrogen and oxygen atoms in total. The van der Waals surface area contributed by atoms with E-state index in [1.165, 1.54) is 31.2 Å². The molecule has 1 N–H and O–H groups in total. The first-order valence-corrected chi connectivity index (χ1v) is 8.11. The molecule has 1 rings (SSSR count). The van der Waals surface area contributed by atoms with Crippen LogP contribution < -0.4 is 0 Å². The normalized spacial score (nSPS) is 11.6. The zero-order valence-corrected chi connectivity index (χ0v) is 13.7. The highest BCUT2D eigenvalue weighted by Crippen LogP contribution is 2.13. The van der Waals surface area contributed by atoms with Crippen LogP contribution in [0.5, 0.6) is 5.75 Å². The lowest BCUT2D eigenvalue weighted by Crippen LogP contribution is -2.10. The Balaban J connectivity index is 0.00000172. The minimum atomic E-state index is 0.324. The fourth-order valence-corrected chi connectivity index (χ4v) is 2.00. The molecule has 1 aromatic carbocycles. The molecule has 1 atom stereocenters. The molecule has 0 aromatic heterocycles. The molecule has 0 saturated heterocycles. The molecule has 0 heterocycles. The first-order valence-electron chi connectivity index (χ1n) is 8.11. The number of aromatic hydroxyl groups is 1. The molecule has 0 aliphatic rings. The number of phenols is 1. The summed E-state index contributed by atoms with van der Waals surface area (Å²) in [5.41, 5.74) is 1.22. The maximum absolute atomic E-state index is 9.18. The Morgan fingerprint density at radius 1 is 1.10 bits per heavy atom. The molecule has 0 aliphatic carbocycles. The molecule has 0 saturated carbocycles. The van der Waals surface area contributed by atoms with E-state index in [9.17, 15) is 5.11 Å². The SMILES string of the molecule is CC.CCCCC(CC)COCCc1ccc(O)cc1. The minimum absolute atomic E-state index is 0.324. The lowest BCUT2D eigenvalue weighted by atomic mass is 10.0. The van der Waals surface area contributed by atoms with E-state index in [2.05, 4.69) is 13.8 Å². The largest absolute Gasteiger partial charge is 0.508 e. The van der Waals surface area contributed by atoms with Gasteiger partial charge in [-0.15, -0.1) is 0 Å². The molecule has 20 heavy (non-hydrogen) atoms. The molecular formula is C18H32O2. The van der Waals surface area contributed by atoms with Crippen molar-refractivity contribution in [3.05, 3.63) is 29.8 Å². The van der Waals surface area contributed by atoms with Gasteiger partial charge >= 0.3 is 0 Å². The fourth-order valence-electron chi connectivity index (χ4n) is 2.00. The average Bonchev–Trinajstić information content (AvgIpc) is 2.50. The van der Waals surface area contributed by atoms with Crippen LogP contribution in [0.15, 0.2) is 24.3 Å². The Kier molecular flexibility index (Phi) is 12.3. The van der Waals surface area contributed by atoms with Gasteiger partial charge in [-0.1, -0.05) is 59.1 Å². The summed E-state index contributed by atoms with van der Waals surface area (Å²) < 4.78 is 5.76. The Bertz CT molecular complexity index is 306. The number of phenolic OH excluding ortho intramolecular Hbond substituents is 1. The molecule has 1 aromatic rings. The standard InChI is InChI=1S/C16H26O2.C2H6/c1-3-5-6-14(4-2)13-18-12-11-15-7-9-16(17)10-8-15;1-2/h7-10,14,17H,3-6,11-13H2,1-2H3;1-2H3. The van der Waals surface area contributed by atoms with Crippen molar-refractivity contribution in [1.82, 2.24) is 0 Å². The number of hydrogen-bond donors (Lipinski definition) is 1. The topological polar surface area (TPSA) is 29.5 Å². The van der Waals surface area contributed by atoms with E-state index in [0.717, 1.165) is 19.6 Å². The van der Waals surface area contributed by atoms with Crippen LogP contribution in [0.2, 0.25) is 0 Å². The van der Waals surface area contributed by atoms with E-state index in [0.29, 0.717) is 11.7 Å². The van der Waals surface area contributed by atoms with Crippen molar-refractivity contribution in [2.45, 2.75) is 59.8 Å². The van der Waals surface area contributed by atoms with Crippen LogP contribution >= 0.6 is 0 Å². The van der Waals surface area contributed by atoms with Gasteiger partial charge in [0.25, 0.3) is 0 Å². The second kappa shape index (κ2) is 13.0. The van der Waals surface area contributed by atoms with E-state index in [1.807, 2.05) is 26.0 Å². The summed E-state index contributed by atoms with van der Waals surface area (Å²) in [6.07, 6.45) is 5.99. The van der Waals surface area contributed by atoms with Gasteiger partial charge in [-0.25, -0.2) is 0 Å². The highest BCUT2D eigenvalue weighted by Gasteiger charge is 2.05. The monoisotopic (exact) mass is 280 g/mol. The van der Waals surface area contributed by atoms with Crippen molar-refractivity contribution >= 4 is 0 Å². The van der Waals surface area contributed by atoms with Crippen LogP contribution in [-0.2, 0) is 11.2 Å². The molecule has 0 fully saturated rings. The van der Waals surface area contributed by atoms with Crippen LogP contribution in [0.4, 0.5) is 0 Å². The van der Waals surface area contributed by atoms with Gasteiger partial charge in [0.2, 0.25) is 0 Å². The molecule has 0 bridgehead atoms. The Morgan fingerprint density at radius 3 is 2.30 bits per heavy atom. The van der Waals surface area contributed by atoms with E-state index in [-0.39, 0.29) is 0 Å². The lowest BCUT2D eigenvalue weighted by Gasteiger charge is -2.14. The van der Waals surface area contributed by atoms with Crippen molar-refractivity contribution in [3.63, 3.8) is 0 Å². The third kappa shape index (κ3) is 8.98. The average molecular weight is 280 g/mol. The van der Waals surface area contributed by atoms with Crippen molar-refractivity contribution < 1.29 is 9.84 Å². The predicted molar refractivity (Wildman–Crippen MR) is 87.3 cm³/mol. The lowest BCUT2D eigenvalue weighted by molar-refractivity contribution is 0.0963. The molecule has 0 aliphatic heterocycles. The summed E-state index contributed by atoms with van der Waals surface area (Å²) in [7, 11) is 0. The van der Waals surface area contributed by atoms with Crippen molar-refractivity contribution in [3.8, 4) is 5.75 Å². The second-order valence-electron chi connectivity index (χ2n) is 4.91. The maximum Gasteiger partial charge on any atom is 0.115 e. The molecule has 0 radical (unpaired) electrons. The van der Waals surface area contributed by atoms with Crippen molar-refractivity contribution in [2.75, 3.05) is 13.2 Å². The zero-order valence-electron chi connectivity index (χ0n) is 13.7. The smallest absolute Gasteiger partial charge is 0.115 e. The zero-order chi connectivity index (χ0) is 15.2. The number of benzene rings is 1. The molecule has 1 unspecified atom stereocenters. The highest BCUT2D eigenvalue weighted by molar-refractivity contribution is 5.25. The van der Waals surface area contributed by atoms with E-state index in [1.54, 1.807) is 12.1 Å².